The fourth-order valence-corrected chi connectivity index (χ4v) is 0.855. The third-order valence-corrected chi connectivity index (χ3v) is 1.46. The van der Waals surface area contributed by atoms with Crippen molar-refractivity contribution in [2.45, 2.75) is 39.5 Å². The fraction of sp³-hybridized carbons (Fsp3) is 0.778. The van der Waals surface area contributed by atoms with Gasteiger partial charge in [-0.15, -0.1) is 0 Å². The van der Waals surface area contributed by atoms with Crippen molar-refractivity contribution in [1.29, 1.82) is 0 Å². The monoisotopic (exact) mass is 141 g/mol. The van der Waals surface area contributed by atoms with Gasteiger partial charge in [-0.2, -0.15) is 0 Å². The largest absolute Gasteiger partial charge is 0.391 e. The van der Waals surface area contributed by atoms with Crippen LogP contribution in [0.2, 0.25) is 0 Å². The molecule has 60 valence electrons. The smallest absolute Gasteiger partial charge is 0.0141 e. The van der Waals surface area contributed by atoms with Gasteiger partial charge >= 0.3 is 0 Å². The van der Waals surface area contributed by atoms with Crippen LogP contribution in [0.1, 0.15) is 39.5 Å². The SMILES string of the molecule is C/C=C/NCCCCCC. The summed E-state index contributed by atoms with van der Waals surface area (Å²) >= 11 is 0. The molecule has 10 heavy (non-hydrogen) atoms. The van der Waals surface area contributed by atoms with Crippen LogP contribution in [0.4, 0.5) is 0 Å². The minimum atomic E-state index is 1.13. The lowest BCUT2D eigenvalue weighted by molar-refractivity contribution is 0.645. The number of hydrogen-bond acceptors (Lipinski definition) is 1. The van der Waals surface area contributed by atoms with Crippen LogP contribution in [0, 0.1) is 0 Å². The maximum absolute atomic E-state index is 3.21. The van der Waals surface area contributed by atoms with Crippen molar-refractivity contribution in [3.8, 4) is 0 Å². The molecule has 0 saturated heterocycles. The van der Waals surface area contributed by atoms with Crippen LogP contribution >= 0.6 is 0 Å². The maximum Gasteiger partial charge on any atom is 0.0141 e. The van der Waals surface area contributed by atoms with Crippen molar-refractivity contribution in [2.75, 3.05) is 6.54 Å². The Morgan fingerprint density at radius 3 is 2.60 bits per heavy atom. The minimum absolute atomic E-state index is 1.13. The van der Waals surface area contributed by atoms with Crippen LogP contribution < -0.4 is 5.32 Å². The molecular weight excluding hydrogens is 122 g/mol. The van der Waals surface area contributed by atoms with E-state index < -0.39 is 0 Å². The van der Waals surface area contributed by atoms with Crippen molar-refractivity contribution in [2.24, 2.45) is 0 Å². The quantitative estimate of drug-likeness (QED) is 0.561. The number of nitrogens with one attached hydrogen (secondary N) is 1. The van der Waals surface area contributed by atoms with Gasteiger partial charge in [0.15, 0.2) is 0 Å². The molecule has 0 aromatic heterocycles. The maximum atomic E-state index is 3.21. The highest BCUT2D eigenvalue weighted by Gasteiger charge is 1.83. The van der Waals surface area contributed by atoms with Gasteiger partial charge in [-0.05, 0) is 19.5 Å². The summed E-state index contributed by atoms with van der Waals surface area (Å²) in [5.41, 5.74) is 0. The molecule has 0 spiro atoms. The zero-order valence-electron chi connectivity index (χ0n) is 7.19. The second-order valence-corrected chi connectivity index (χ2v) is 2.51. The average molecular weight is 141 g/mol. The summed E-state index contributed by atoms with van der Waals surface area (Å²) in [4.78, 5) is 0. The van der Waals surface area contributed by atoms with E-state index in [-0.39, 0.29) is 0 Å². The molecule has 1 nitrogen and oxygen atoms in total. The van der Waals surface area contributed by atoms with Crippen molar-refractivity contribution in [3.05, 3.63) is 12.3 Å². The molecule has 0 amide bonds. The number of rotatable bonds is 6. The van der Waals surface area contributed by atoms with Crippen LogP contribution in [0.25, 0.3) is 0 Å². The van der Waals surface area contributed by atoms with Gasteiger partial charge in [0.05, 0.1) is 0 Å². The minimum Gasteiger partial charge on any atom is -0.391 e. The summed E-state index contributed by atoms with van der Waals surface area (Å²) in [7, 11) is 0. The summed E-state index contributed by atoms with van der Waals surface area (Å²) in [6.07, 6.45) is 9.39. The molecule has 0 saturated carbocycles. The molecular formula is C9H19N. The van der Waals surface area contributed by atoms with Crippen LogP contribution in [-0.2, 0) is 0 Å². The third kappa shape index (κ3) is 7.54. The molecule has 0 radical (unpaired) electrons. The molecule has 0 aliphatic carbocycles. The molecule has 0 rings (SSSR count). The molecule has 1 heteroatoms. The van der Waals surface area contributed by atoms with E-state index in [0.717, 1.165) is 6.54 Å². The van der Waals surface area contributed by atoms with Crippen LogP contribution in [-0.4, -0.2) is 6.54 Å². The van der Waals surface area contributed by atoms with Crippen LogP contribution in [0.3, 0.4) is 0 Å². The molecule has 0 aromatic rings. The summed E-state index contributed by atoms with van der Waals surface area (Å²) in [6, 6.07) is 0. The lowest BCUT2D eigenvalue weighted by Gasteiger charge is -1.98. The molecule has 0 unspecified atom stereocenters. The number of unbranched alkanes of at least 4 members (excludes halogenated alkanes) is 3. The molecule has 0 heterocycles. The Morgan fingerprint density at radius 2 is 2.00 bits per heavy atom. The fourth-order valence-electron chi connectivity index (χ4n) is 0.855. The molecule has 0 aliphatic rings. The Morgan fingerprint density at radius 1 is 1.20 bits per heavy atom. The standard InChI is InChI=1S/C9H19N/c1-3-5-6-7-9-10-8-4-2/h4,8,10H,3,5-7,9H2,1-2H3/b8-4+. The zero-order chi connectivity index (χ0) is 7.66. The topological polar surface area (TPSA) is 12.0 Å². The van der Waals surface area contributed by atoms with Gasteiger partial charge in [0.2, 0.25) is 0 Å². The molecule has 0 fully saturated rings. The average Bonchev–Trinajstić information content (AvgIpc) is 1.97. The van der Waals surface area contributed by atoms with E-state index in [9.17, 15) is 0 Å². The van der Waals surface area contributed by atoms with Gasteiger partial charge in [-0.1, -0.05) is 32.3 Å². The molecule has 0 aromatic carbocycles. The van der Waals surface area contributed by atoms with Crippen molar-refractivity contribution < 1.29 is 0 Å². The second-order valence-electron chi connectivity index (χ2n) is 2.51. The molecule has 1 N–H and O–H groups in total. The third-order valence-electron chi connectivity index (χ3n) is 1.46. The van der Waals surface area contributed by atoms with Gasteiger partial charge in [0.25, 0.3) is 0 Å². The van der Waals surface area contributed by atoms with E-state index in [2.05, 4.69) is 12.2 Å². The van der Waals surface area contributed by atoms with E-state index in [1.54, 1.807) is 0 Å². The Bertz CT molecular complexity index is 76.8. The van der Waals surface area contributed by atoms with Gasteiger partial charge in [0, 0.05) is 6.54 Å². The van der Waals surface area contributed by atoms with Crippen LogP contribution in [0.15, 0.2) is 12.3 Å². The Hall–Kier alpha value is -0.460. The highest BCUT2D eigenvalue weighted by atomic mass is 14.8. The van der Waals surface area contributed by atoms with Crippen molar-refractivity contribution in [3.63, 3.8) is 0 Å². The predicted octanol–water partition coefficient (Wildman–Crippen LogP) is 2.69. The molecule has 0 bridgehead atoms. The van der Waals surface area contributed by atoms with Crippen molar-refractivity contribution >= 4 is 0 Å². The van der Waals surface area contributed by atoms with E-state index in [1.807, 2.05) is 19.2 Å². The molecule has 0 aliphatic heterocycles. The lowest BCUT2D eigenvalue weighted by atomic mass is 10.2. The number of allylic oxidation sites excluding steroid dienone is 1. The van der Waals surface area contributed by atoms with Gasteiger partial charge < -0.3 is 5.32 Å². The summed E-state index contributed by atoms with van der Waals surface area (Å²) in [5, 5.41) is 3.21. The first kappa shape index (κ1) is 9.54. The summed E-state index contributed by atoms with van der Waals surface area (Å²) < 4.78 is 0. The van der Waals surface area contributed by atoms with Crippen molar-refractivity contribution in [1.82, 2.24) is 5.32 Å². The Balaban J connectivity index is 2.77. The lowest BCUT2D eigenvalue weighted by Crippen LogP contribution is -2.05. The molecule has 0 atom stereocenters. The van der Waals surface area contributed by atoms with Gasteiger partial charge in [-0.25, -0.2) is 0 Å². The van der Waals surface area contributed by atoms with E-state index in [0.29, 0.717) is 0 Å². The summed E-state index contributed by atoms with van der Waals surface area (Å²) in [5.74, 6) is 0. The van der Waals surface area contributed by atoms with E-state index >= 15 is 0 Å². The first-order valence-electron chi connectivity index (χ1n) is 4.26. The normalized spacial score (nSPS) is 10.6. The highest BCUT2D eigenvalue weighted by molar-refractivity contribution is 4.73. The number of hydrogen-bond donors (Lipinski definition) is 1. The van der Waals surface area contributed by atoms with E-state index in [4.69, 9.17) is 0 Å². The predicted molar refractivity (Wildman–Crippen MR) is 47.0 cm³/mol. The first-order valence-corrected chi connectivity index (χ1v) is 4.26. The first-order chi connectivity index (χ1) is 4.91. The van der Waals surface area contributed by atoms with Crippen LogP contribution in [0.5, 0.6) is 0 Å². The highest BCUT2D eigenvalue weighted by Crippen LogP contribution is 1.96. The second kappa shape index (κ2) is 8.54. The Kier molecular flexibility index (Phi) is 8.15. The Labute approximate surface area is 64.5 Å². The van der Waals surface area contributed by atoms with Gasteiger partial charge in [0.1, 0.15) is 0 Å². The van der Waals surface area contributed by atoms with Gasteiger partial charge in [-0.3, -0.25) is 0 Å². The van der Waals surface area contributed by atoms with E-state index in [1.165, 1.54) is 25.7 Å². The zero-order valence-corrected chi connectivity index (χ0v) is 7.19. The summed E-state index contributed by atoms with van der Waals surface area (Å²) in [6.45, 7) is 5.39.